The first-order valence-electron chi connectivity index (χ1n) is 9.08. The predicted molar refractivity (Wildman–Crippen MR) is 93.1 cm³/mol. The van der Waals surface area contributed by atoms with Gasteiger partial charge in [0.25, 0.3) is 0 Å². The second-order valence-electron chi connectivity index (χ2n) is 7.36. The highest BCUT2D eigenvalue weighted by molar-refractivity contribution is 5.94. The second kappa shape index (κ2) is 6.11. The Labute approximate surface area is 143 Å². The summed E-state index contributed by atoms with van der Waals surface area (Å²) in [6.45, 7) is 4.38. The van der Waals surface area contributed by atoms with E-state index in [0.29, 0.717) is 11.8 Å². The van der Waals surface area contributed by atoms with Gasteiger partial charge in [0.2, 0.25) is 5.91 Å². The van der Waals surface area contributed by atoms with Gasteiger partial charge in [-0.1, -0.05) is 17.7 Å². The summed E-state index contributed by atoms with van der Waals surface area (Å²) in [6.07, 6.45) is 4.77. The summed E-state index contributed by atoms with van der Waals surface area (Å²) in [7, 11) is 0. The van der Waals surface area contributed by atoms with Crippen molar-refractivity contribution < 1.29 is 9.59 Å². The van der Waals surface area contributed by atoms with E-state index in [1.807, 2.05) is 15.9 Å². The van der Waals surface area contributed by atoms with E-state index < -0.39 is 0 Å². The van der Waals surface area contributed by atoms with Crippen LogP contribution < -0.4 is 10.2 Å². The number of anilines is 1. The fourth-order valence-corrected chi connectivity index (χ4v) is 3.83. The van der Waals surface area contributed by atoms with Crippen molar-refractivity contribution in [2.75, 3.05) is 24.5 Å². The first-order valence-corrected chi connectivity index (χ1v) is 9.08. The van der Waals surface area contributed by atoms with Crippen LogP contribution in [-0.2, 0) is 11.2 Å². The molecule has 0 spiro atoms. The normalized spacial score (nSPS) is 20.9. The van der Waals surface area contributed by atoms with Crippen LogP contribution >= 0.6 is 0 Å². The molecule has 0 bridgehead atoms. The third-order valence-corrected chi connectivity index (χ3v) is 5.44. The first-order chi connectivity index (χ1) is 11.6. The van der Waals surface area contributed by atoms with Gasteiger partial charge in [0.15, 0.2) is 0 Å². The Balaban J connectivity index is 1.32. The van der Waals surface area contributed by atoms with Crippen molar-refractivity contribution in [2.45, 2.75) is 45.1 Å². The molecule has 2 aliphatic heterocycles. The molecule has 1 aliphatic carbocycles. The van der Waals surface area contributed by atoms with Crippen molar-refractivity contribution in [3.05, 3.63) is 29.3 Å². The van der Waals surface area contributed by atoms with Gasteiger partial charge < -0.3 is 10.2 Å². The van der Waals surface area contributed by atoms with Gasteiger partial charge in [0.05, 0.1) is 0 Å². The standard InChI is InChI=1S/C19H25N3O2/c1-13-2-5-17-15(12-13)6-11-22(17)19(24)20-16-7-9-21(10-8-16)18(23)14-3-4-14/h2,5,12,14,16H,3-4,6-11H2,1H3,(H,20,24). The summed E-state index contributed by atoms with van der Waals surface area (Å²) in [6, 6.07) is 6.46. The third-order valence-electron chi connectivity index (χ3n) is 5.44. The number of carbonyl (C=O) groups is 2. The molecule has 1 saturated carbocycles. The molecule has 3 aliphatic rings. The summed E-state index contributed by atoms with van der Waals surface area (Å²) in [4.78, 5) is 28.6. The number of nitrogens with zero attached hydrogens (tertiary/aromatic N) is 2. The highest BCUT2D eigenvalue weighted by Crippen LogP contribution is 2.32. The van der Waals surface area contributed by atoms with Crippen LogP contribution in [0.4, 0.5) is 10.5 Å². The summed E-state index contributed by atoms with van der Waals surface area (Å²) in [5.41, 5.74) is 3.54. The van der Waals surface area contributed by atoms with Crippen molar-refractivity contribution in [1.29, 1.82) is 0 Å². The number of carbonyl (C=O) groups excluding carboxylic acids is 2. The maximum Gasteiger partial charge on any atom is 0.322 e. The number of fused-ring (bicyclic) bond motifs is 1. The number of rotatable bonds is 2. The minimum absolute atomic E-state index is 0.00423. The molecule has 24 heavy (non-hydrogen) atoms. The Morgan fingerprint density at radius 2 is 1.83 bits per heavy atom. The molecule has 5 heteroatoms. The van der Waals surface area contributed by atoms with Gasteiger partial charge in [-0.2, -0.15) is 0 Å². The molecule has 128 valence electrons. The largest absolute Gasteiger partial charge is 0.342 e. The molecule has 0 aromatic heterocycles. The minimum atomic E-state index is 0.00423. The van der Waals surface area contributed by atoms with E-state index in [4.69, 9.17) is 0 Å². The van der Waals surface area contributed by atoms with Gasteiger partial charge in [0.1, 0.15) is 0 Å². The van der Waals surface area contributed by atoms with Gasteiger partial charge in [-0.25, -0.2) is 4.79 Å². The van der Waals surface area contributed by atoms with Crippen molar-refractivity contribution >= 4 is 17.6 Å². The molecule has 2 heterocycles. The summed E-state index contributed by atoms with van der Waals surface area (Å²) >= 11 is 0. The maximum atomic E-state index is 12.6. The molecule has 1 aromatic rings. The molecule has 0 unspecified atom stereocenters. The van der Waals surface area contributed by atoms with Crippen LogP contribution in [0.1, 0.15) is 36.8 Å². The van der Waals surface area contributed by atoms with E-state index >= 15 is 0 Å². The number of piperidine rings is 1. The van der Waals surface area contributed by atoms with Crippen molar-refractivity contribution in [3.8, 4) is 0 Å². The zero-order chi connectivity index (χ0) is 16.7. The van der Waals surface area contributed by atoms with Crippen LogP contribution in [0.25, 0.3) is 0 Å². The molecular formula is C19H25N3O2. The van der Waals surface area contributed by atoms with E-state index in [2.05, 4.69) is 24.4 Å². The predicted octanol–water partition coefficient (Wildman–Crippen LogP) is 2.47. The molecule has 4 rings (SSSR count). The average molecular weight is 327 g/mol. The van der Waals surface area contributed by atoms with Crippen molar-refractivity contribution in [1.82, 2.24) is 10.2 Å². The quantitative estimate of drug-likeness (QED) is 0.907. The Hall–Kier alpha value is -2.04. The Morgan fingerprint density at radius 3 is 2.54 bits per heavy atom. The van der Waals surface area contributed by atoms with E-state index in [1.165, 1.54) is 11.1 Å². The van der Waals surface area contributed by atoms with E-state index in [-0.39, 0.29) is 12.1 Å². The lowest BCUT2D eigenvalue weighted by atomic mass is 10.0. The SMILES string of the molecule is Cc1ccc2c(c1)CCN2C(=O)NC1CCN(C(=O)C2CC2)CC1. The van der Waals surface area contributed by atoms with E-state index in [0.717, 1.165) is 57.4 Å². The minimum Gasteiger partial charge on any atom is -0.342 e. The highest BCUT2D eigenvalue weighted by atomic mass is 16.2. The molecule has 0 atom stereocenters. The van der Waals surface area contributed by atoms with Gasteiger partial charge in [0, 0.05) is 37.3 Å². The van der Waals surface area contributed by atoms with Crippen molar-refractivity contribution in [2.24, 2.45) is 5.92 Å². The number of hydrogen-bond acceptors (Lipinski definition) is 2. The third kappa shape index (κ3) is 2.99. The zero-order valence-electron chi connectivity index (χ0n) is 14.3. The van der Waals surface area contributed by atoms with Crippen LogP contribution in [0, 0.1) is 12.8 Å². The first kappa shape index (κ1) is 15.5. The molecule has 5 nitrogen and oxygen atoms in total. The lowest BCUT2D eigenvalue weighted by molar-refractivity contribution is -0.133. The molecule has 0 radical (unpaired) electrons. The number of aryl methyl sites for hydroxylation is 1. The second-order valence-corrected chi connectivity index (χ2v) is 7.36. The smallest absolute Gasteiger partial charge is 0.322 e. The molecule has 1 N–H and O–H groups in total. The van der Waals surface area contributed by atoms with Crippen LogP contribution in [0.3, 0.4) is 0 Å². The number of hydrogen-bond donors (Lipinski definition) is 1. The molecule has 1 aromatic carbocycles. The molecule has 2 fully saturated rings. The topological polar surface area (TPSA) is 52.7 Å². The number of amides is 3. The highest BCUT2D eigenvalue weighted by Gasteiger charge is 2.35. The lowest BCUT2D eigenvalue weighted by Crippen LogP contribution is -2.50. The molecular weight excluding hydrogens is 302 g/mol. The maximum absolute atomic E-state index is 12.6. The fourth-order valence-electron chi connectivity index (χ4n) is 3.83. The average Bonchev–Trinajstić information content (AvgIpc) is 3.34. The fraction of sp³-hybridized carbons (Fsp3) is 0.579. The summed E-state index contributed by atoms with van der Waals surface area (Å²) in [5, 5.41) is 3.17. The lowest BCUT2D eigenvalue weighted by Gasteiger charge is -2.33. The summed E-state index contributed by atoms with van der Waals surface area (Å²) in [5.74, 6) is 0.615. The monoisotopic (exact) mass is 327 g/mol. The van der Waals surface area contributed by atoms with Gasteiger partial charge in [-0.05, 0) is 50.7 Å². The van der Waals surface area contributed by atoms with Crippen molar-refractivity contribution in [3.63, 3.8) is 0 Å². The zero-order valence-corrected chi connectivity index (χ0v) is 14.3. The van der Waals surface area contributed by atoms with Crippen LogP contribution in [0.15, 0.2) is 18.2 Å². The Kier molecular flexibility index (Phi) is 3.94. The van der Waals surface area contributed by atoms with Gasteiger partial charge >= 0.3 is 6.03 Å². The Morgan fingerprint density at radius 1 is 1.08 bits per heavy atom. The summed E-state index contributed by atoms with van der Waals surface area (Å²) < 4.78 is 0. The molecule has 3 amide bonds. The van der Waals surface area contributed by atoms with Gasteiger partial charge in [-0.3, -0.25) is 9.69 Å². The number of likely N-dealkylation sites (tertiary alicyclic amines) is 1. The number of urea groups is 1. The van der Waals surface area contributed by atoms with E-state index in [9.17, 15) is 9.59 Å². The van der Waals surface area contributed by atoms with Gasteiger partial charge in [-0.15, -0.1) is 0 Å². The number of nitrogens with one attached hydrogen (secondary N) is 1. The molecule has 1 saturated heterocycles. The van der Waals surface area contributed by atoms with E-state index in [1.54, 1.807) is 0 Å². The number of benzene rings is 1. The van der Waals surface area contributed by atoms with Crippen LogP contribution in [-0.4, -0.2) is 42.5 Å². The van der Waals surface area contributed by atoms with Crippen LogP contribution in [0.2, 0.25) is 0 Å². The van der Waals surface area contributed by atoms with Crippen LogP contribution in [0.5, 0.6) is 0 Å². The Bertz CT molecular complexity index is 661.